The molecule has 154 valence electrons. The van der Waals surface area contributed by atoms with Crippen molar-refractivity contribution in [2.45, 2.75) is 6.18 Å². The summed E-state index contributed by atoms with van der Waals surface area (Å²) in [6, 6.07) is 12.0. The van der Waals surface area contributed by atoms with Crippen molar-refractivity contribution >= 4 is 27.5 Å². The van der Waals surface area contributed by atoms with Crippen molar-refractivity contribution in [2.24, 2.45) is 0 Å². The van der Waals surface area contributed by atoms with E-state index in [1.807, 2.05) is 12.1 Å². The lowest BCUT2D eigenvalue weighted by Gasteiger charge is -2.15. The van der Waals surface area contributed by atoms with E-state index in [-0.39, 0.29) is 22.2 Å². The van der Waals surface area contributed by atoms with Gasteiger partial charge in [0.2, 0.25) is 0 Å². The van der Waals surface area contributed by atoms with E-state index in [9.17, 15) is 18.0 Å². The Labute approximate surface area is 172 Å². The van der Waals surface area contributed by atoms with Crippen molar-refractivity contribution in [2.75, 3.05) is 5.73 Å². The monoisotopic (exact) mass is 421 g/mol. The first-order valence-corrected chi connectivity index (χ1v) is 9.24. The Kier molecular flexibility index (Phi) is 4.07. The van der Waals surface area contributed by atoms with Gasteiger partial charge in [-0.2, -0.15) is 18.3 Å². The zero-order chi connectivity index (χ0) is 21.8. The molecule has 0 bridgehead atoms. The number of nitrogens with zero attached hydrogens (tertiary/aromatic N) is 2. The summed E-state index contributed by atoms with van der Waals surface area (Å²) in [5.41, 5.74) is 8.14. The summed E-state index contributed by atoms with van der Waals surface area (Å²) < 4.78 is 39.9. The predicted octanol–water partition coefficient (Wildman–Crippen LogP) is 4.73. The molecule has 9 heteroatoms. The molecule has 0 spiro atoms. The highest BCUT2D eigenvalue weighted by Gasteiger charge is 2.30. The number of alkyl halides is 3. The van der Waals surface area contributed by atoms with Crippen molar-refractivity contribution in [3.8, 4) is 22.3 Å². The maximum Gasteiger partial charge on any atom is 0.416 e. The minimum absolute atomic E-state index is 0.118. The van der Waals surface area contributed by atoms with Gasteiger partial charge < -0.3 is 10.7 Å². The van der Waals surface area contributed by atoms with Crippen molar-refractivity contribution < 1.29 is 13.2 Å². The van der Waals surface area contributed by atoms with Crippen LogP contribution in [0.2, 0.25) is 0 Å². The number of hydrogen-bond acceptors (Lipinski definition) is 4. The van der Waals surface area contributed by atoms with Crippen LogP contribution in [0.3, 0.4) is 0 Å². The molecule has 0 saturated heterocycles. The van der Waals surface area contributed by atoms with E-state index in [1.165, 1.54) is 12.4 Å². The quantitative estimate of drug-likeness (QED) is 0.359. The van der Waals surface area contributed by atoms with Gasteiger partial charge in [-0.15, -0.1) is 0 Å². The SMILES string of the molecule is Nc1c(-c2cccc3[nH]ncc23)cc(-c2cccc(C(F)(F)F)c2)c2nc[nH]c(=O)c12. The molecular weight excluding hydrogens is 407 g/mol. The average Bonchev–Trinajstić information content (AvgIpc) is 3.23. The van der Waals surface area contributed by atoms with Crippen molar-refractivity contribution in [3.05, 3.63) is 77.0 Å². The molecule has 5 aromatic rings. The summed E-state index contributed by atoms with van der Waals surface area (Å²) in [5.74, 6) is 0. The Morgan fingerprint density at radius 2 is 1.77 bits per heavy atom. The summed E-state index contributed by atoms with van der Waals surface area (Å²) >= 11 is 0. The molecule has 0 atom stereocenters. The summed E-state index contributed by atoms with van der Waals surface area (Å²) in [4.78, 5) is 19.4. The van der Waals surface area contributed by atoms with E-state index in [0.717, 1.165) is 23.0 Å². The summed E-state index contributed by atoms with van der Waals surface area (Å²) in [7, 11) is 0. The van der Waals surface area contributed by atoms with E-state index in [0.29, 0.717) is 16.7 Å². The van der Waals surface area contributed by atoms with Crippen LogP contribution in [-0.2, 0) is 6.18 Å². The maximum absolute atomic E-state index is 13.3. The number of anilines is 1. The number of aromatic nitrogens is 4. The van der Waals surface area contributed by atoms with Gasteiger partial charge >= 0.3 is 6.18 Å². The first-order valence-electron chi connectivity index (χ1n) is 9.24. The van der Waals surface area contributed by atoms with E-state index >= 15 is 0 Å². The second-order valence-electron chi connectivity index (χ2n) is 7.06. The summed E-state index contributed by atoms with van der Waals surface area (Å²) in [6.45, 7) is 0. The molecule has 2 aromatic heterocycles. The number of H-pyrrole nitrogens is 2. The Hall–Kier alpha value is -4.14. The fourth-order valence-corrected chi connectivity index (χ4v) is 3.79. The van der Waals surface area contributed by atoms with Crippen LogP contribution in [0.5, 0.6) is 0 Å². The molecule has 0 aliphatic rings. The molecule has 0 aliphatic heterocycles. The third-order valence-electron chi connectivity index (χ3n) is 5.23. The fraction of sp³-hybridized carbons (Fsp3) is 0.0455. The molecular formula is C22H14F3N5O. The molecule has 6 nitrogen and oxygen atoms in total. The molecule has 2 heterocycles. The number of halogens is 3. The van der Waals surface area contributed by atoms with Crippen molar-refractivity contribution in [3.63, 3.8) is 0 Å². The largest absolute Gasteiger partial charge is 0.416 e. The fourth-order valence-electron chi connectivity index (χ4n) is 3.79. The number of benzene rings is 3. The maximum atomic E-state index is 13.3. The molecule has 3 aromatic carbocycles. The Morgan fingerprint density at radius 3 is 2.58 bits per heavy atom. The highest BCUT2D eigenvalue weighted by Crippen LogP contribution is 2.40. The highest BCUT2D eigenvalue weighted by atomic mass is 19.4. The van der Waals surface area contributed by atoms with Crippen LogP contribution in [0.15, 0.2) is 65.8 Å². The van der Waals surface area contributed by atoms with Gasteiger partial charge in [-0.25, -0.2) is 4.98 Å². The van der Waals surface area contributed by atoms with Gasteiger partial charge in [0.15, 0.2) is 0 Å². The van der Waals surface area contributed by atoms with Gasteiger partial charge in [-0.1, -0.05) is 24.3 Å². The minimum Gasteiger partial charge on any atom is -0.398 e. The van der Waals surface area contributed by atoms with Gasteiger partial charge in [-0.05, 0) is 35.4 Å². The predicted molar refractivity (Wildman–Crippen MR) is 112 cm³/mol. The normalized spacial score (nSPS) is 12.0. The smallest absolute Gasteiger partial charge is 0.398 e. The molecule has 5 rings (SSSR count). The van der Waals surface area contributed by atoms with Crippen LogP contribution >= 0.6 is 0 Å². The average molecular weight is 421 g/mol. The molecule has 0 aliphatic carbocycles. The molecule has 0 fully saturated rings. The molecule has 0 radical (unpaired) electrons. The number of rotatable bonds is 2. The number of nitrogens with one attached hydrogen (secondary N) is 2. The number of nitrogens with two attached hydrogens (primary N) is 1. The number of aromatic amines is 2. The van der Waals surface area contributed by atoms with Crippen molar-refractivity contribution in [1.29, 1.82) is 0 Å². The van der Waals surface area contributed by atoms with Crippen LogP contribution in [0.25, 0.3) is 44.1 Å². The zero-order valence-electron chi connectivity index (χ0n) is 15.8. The standard InChI is InChI=1S/C22H14F3N5O/c23-22(24,25)12-4-1-3-11(7-12)14-8-15(13-5-2-6-17-16(13)9-29-30-17)19(26)18-20(14)27-10-28-21(18)31/h1-10H,26H2,(H,29,30)(H,27,28,31). The molecule has 31 heavy (non-hydrogen) atoms. The van der Waals surface area contributed by atoms with Crippen LogP contribution in [-0.4, -0.2) is 20.2 Å². The lowest BCUT2D eigenvalue weighted by molar-refractivity contribution is -0.137. The Morgan fingerprint density at radius 1 is 0.968 bits per heavy atom. The molecule has 0 saturated carbocycles. The van der Waals surface area contributed by atoms with Crippen LogP contribution in [0.1, 0.15) is 5.56 Å². The van der Waals surface area contributed by atoms with Gasteiger partial charge in [0.25, 0.3) is 5.56 Å². The first-order chi connectivity index (χ1) is 14.8. The van der Waals surface area contributed by atoms with E-state index in [1.54, 1.807) is 24.4 Å². The van der Waals surface area contributed by atoms with Gasteiger partial charge in [0.1, 0.15) is 0 Å². The highest BCUT2D eigenvalue weighted by molar-refractivity contribution is 6.09. The number of fused-ring (bicyclic) bond motifs is 2. The third kappa shape index (κ3) is 3.02. The molecule has 4 N–H and O–H groups in total. The second kappa shape index (κ2) is 6.69. The summed E-state index contributed by atoms with van der Waals surface area (Å²) in [5, 5.41) is 7.80. The van der Waals surface area contributed by atoms with E-state index in [4.69, 9.17) is 5.73 Å². The topological polar surface area (TPSA) is 100 Å². The van der Waals surface area contributed by atoms with Gasteiger partial charge in [0, 0.05) is 16.5 Å². The first kappa shape index (κ1) is 18.9. The summed E-state index contributed by atoms with van der Waals surface area (Å²) in [6.07, 6.45) is -1.67. The van der Waals surface area contributed by atoms with Crippen LogP contribution in [0, 0.1) is 0 Å². The minimum atomic E-state index is -4.50. The third-order valence-corrected chi connectivity index (χ3v) is 5.23. The Balaban J connectivity index is 1.89. The van der Waals surface area contributed by atoms with Gasteiger partial charge in [-0.3, -0.25) is 9.89 Å². The van der Waals surface area contributed by atoms with Gasteiger partial charge in [0.05, 0.1) is 40.2 Å². The zero-order valence-corrected chi connectivity index (χ0v) is 15.8. The molecule has 0 amide bonds. The molecule has 0 unspecified atom stereocenters. The van der Waals surface area contributed by atoms with E-state index in [2.05, 4.69) is 20.2 Å². The lowest BCUT2D eigenvalue weighted by Crippen LogP contribution is -2.11. The number of nitrogen functional groups attached to an aromatic ring is 1. The lowest BCUT2D eigenvalue weighted by atomic mass is 9.92. The van der Waals surface area contributed by atoms with Crippen LogP contribution in [0.4, 0.5) is 18.9 Å². The van der Waals surface area contributed by atoms with Crippen molar-refractivity contribution in [1.82, 2.24) is 20.2 Å². The van der Waals surface area contributed by atoms with E-state index < -0.39 is 17.3 Å². The second-order valence-corrected chi connectivity index (χ2v) is 7.06. The van der Waals surface area contributed by atoms with Crippen LogP contribution < -0.4 is 11.3 Å². The Bertz CT molecular complexity index is 1520. The number of hydrogen-bond donors (Lipinski definition) is 3.